The molecule has 0 saturated carbocycles. The molecule has 0 aromatic carbocycles. The van der Waals surface area contributed by atoms with Crippen molar-refractivity contribution in [1.29, 1.82) is 0 Å². The fourth-order valence-corrected chi connectivity index (χ4v) is 1.23. The minimum atomic E-state index is -0.220. The number of hydrogen-bond donors (Lipinski definition) is 3. The number of thiol groups is 1. The molecule has 0 aliphatic carbocycles. The van der Waals surface area contributed by atoms with Crippen molar-refractivity contribution >= 4 is 18.7 Å². The number of carbonyl (C=O) groups excluding carboxylic acids is 1. The first kappa shape index (κ1) is 6.68. The van der Waals surface area contributed by atoms with Gasteiger partial charge in [-0.25, -0.2) is 4.98 Å². The summed E-state index contributed by atoms with van der Waals surface area (Å²) in [6.45, 7) is 0.546. The van der Waals surface area contributed by atoms with E-state index in [9.17, 15) is 4.79 Å². The molecule has 0 unspecified atom stereocenters. The van der Waals surface area contributed by atoms with Gasteiger partial charge in [-0.15, -0.1) is 0 Å². The second-order valence-electron chi connectivity index (χ2n) is 2.23. The fourth-order valence-electron chi connectivity index (χ4n) is 0.997. The van der Waals surface area contributed by atoms with Gasteiger partial charge < -0.3 is 4.98 Å². The summed E-state index contributed by atoms with van der Waals surface area (Å²) < 4.78 is 1.41. The number of nitrogens with one attached hydrogen (secondary N) is 2. The van der Waals surface area contributed by atoms with Gasteiger partial charge in [0.15, 0.2) is 5.69 Å². The Morgan fingerprint density at radius 2 is 2.55 bits per heavy atom. The van der Waals surface area contributed by atoms with E-state index in [-0.39, 0.29) is 5.91 Å². The summed E-state index contributed by atoms with van der Waals surface area (Å²) in [5, 5.41) is 0. The van der Waals surface area contributed by atoms with Crippen molar-refractivity contribution in [2.45, 2.75) is 6.54 Å². The van der Waals surface area contributed by atoms with Crippen LogP contribution in [0.5, 0.6) is 0 Å². The third kappa shape index (κ3) is 0.997. The van der Waals surface area contributed by atoms with Crippen LogP contribution in [-0.4, -0.2) is 20.3 Å². The van der Waals surface area contributed by atoms with Crippen LogP contribution in [0.1, 0.15) is 16.2 Å². The van der Waals surface area contributed by atoms with E-state index in [2.05, 4.69) is 28.2 Å². The Morgan fingerprint density at radius 1 is 1.73 bits per heavy atom. The Kier molecular flexibility index (Phi) is 1.36. The van der Waals surface area contributed by atoms with Gasteiger partial charge in [0, 0.05) is 0 Å². The molecule has 0 bridgehead atoms. The lowest BCUT2D eigenvalue weighted by molar-refractivity contribution is 0.0858. The summed E-state index contributed by atoms with van der Waals surface area (Å²) in [5.74, 6) is -0.220. The molecule has 0 fully saturated rings. The number of hydrazine groups is 1. The number of amides is 1. The van der Waals surface area contributed by atoms with Crippen LogP contribution in [0.3, 0.4) is 0 Å². The highest BCUT2D eigenvalue weighted by Gasteiger charge is 2.22. The van der Waals surface area contributed by atoms with Crippen LogP contribution in [0, 0.1) is 0 Å². The molecule has 1 aliphatic rings. The van der Waals surface area contributed by atoms with E-state index in [1.54, 1.807) is 0 Å². The van der Waals surface area contributed by atoms with Gasteiger partial charge in [-0.3, -0.25) is 10.2 Å². The summed E-state index contributed by atoms with van der Waals surface area (Å²) in [4.78, 5) is 17.8. The number of imidazole rings is 1. The van der Waals surface area contributed by atoms with Crippen LogP contribution < -0.4 is 5.43 Å². The average Bonchev–Trinajstić information content (AvgIpc) is 2.34. The zero-order valence-corrected chi connectivity index (χ0v) is 6.43. The smallest absolute Gasteiger partial charge is 0.286 e. The molecular weight excluding hydrogens is 164 g/mol. The molecule has 2 N–H and O–H groups in total. The molecule has 1 aromatic heterocycles. The van der Waals surface area contributed by atoms with Crippen LogP contribution in [0.15, 0.2) is 6.33 Å². The van der Waals surface area contributed by atoms with Gasteiger partial charge in [0.05, 0.1) is 18.6 Å². The highest BCUT2D eigenvalue weighted by Crippen LogP contribution is 2.11. The van der Waals surface area contributed by atoms with Gasteiger partial charge in [-0.05, 0) is 0 Å². The summed E-state index contributed by atoms with van der Waals surface area (Å²) in [7, 11) is 0. The van der Waals surface area contributed by atoms with E-state index in [0.29, 0.717) is 12.2 Å². The Morgan fingerprint density at radius 3 is 3.36 bits per heavy atom. The molecule has 0 radical (unpaired) electrons. The highest BCUT2D eigenvalue weighted by atomic mass is 32.1. The molecule has 58 valence electrons. The standard InChI is InChI=1S/C5H6N4OS/c10-5-4-3(6-2-7-4)1-9(11)8-5/h2,11H,1H2,(H,6,7)(H,8,10). The van der Waals surface area contributed by atoms with Crippen molar-refractivity contribution in [3.8, 4) is 0 Å². The number of aromatic nitrogens is 2. The number of H-pyrrole nitrogens is 1. The van der Waals surface area contributed by atoms with Gasteiger partial charge in [0.1, 0.15) is 0 Å². The van der Waals surface area contributed by atoms with E-state index in [1.165, 1.54) is 10.7 Å². The lowest BCUT2D eigenvalue weighted by Crippen LogP contribution is -2.40. The monoisotopic (exact) mass is 170 g/mol. The molecule has 6 heteroatoms. The predicted octanol–water partition coefficient (Wildman–Crippen LogP) is -0.285. The third-order valence-corrected chi connectivity index (χ3v) is 1.71. The first-order chi connectivity index (χ1) is 5.27. The van der Waals surface area contributed by atoms with Crippen LogP contribution >= 0.6 is 12.8 Å². The molecule has 5 nitrogen and oxygen atoms in total. The molecule has 11 heavy (non-hydrogen) atoms. The molecule has 0 spiro atoms. The Bertz CT molecular complexity index is 296. The average molecular weight is 170 g/mol. The lowest BCUT2D eigenvalue weighted by Gasteiger charge is -2.20. The summed E-state index contributed by atoms with van der Waals surface area (Å²) in [5.41, 5.74) is 3.75. The molecule has 2 heterocycles. The van der Waals surface area contributed by atoms with Crippen LogP contribution in [0.2, 0.25) is 0 Å². The first-order valence-corrected chi connectivity index (χ1v) is 3.47. The molecule has 1 amide bonds. The quantitative estimate of drug-likeness (QED) is 0.469. The van der Waals surface area contributed by atoms with E-state index in [1.807, 2.05) is 0 Å². The molecular formula is C5H6N4OS. The van der Waals surface area contributed by atoms with Gasteiger partial charge in [-0.2, -0.15) is 4.41 Å². The Balaban J connectivity index is 2.44. The zero-order valence-electron chi connectivity index (χ0n) is 5.53. The minimum Gasteiger partial charge on any atom is -0.347 e. The minimum absolute atomic E-state index is 0.220. The van der Waals surface area contributed by atoms with Gasteiger partial charge in [-0.1, -0.05) is 12.8 Å². The maximum Gasteiger partial charge on any atom is 0.286 e. The van der Waals surface area contributed by atoms with Crippen molar-refractivity contribution in [3.05, 3.63) is 17.7 Å². The van der Waals surface area contributed by atoms with Crippen molar-refractivity contribution in [3.63, 3.8) is 0 Å². The molecule has 0 saturated heterocycles. The summed E-state index contributed by atoms with van der Waals surface area (Å²) >= 11 is 3.97. The topological polar surface area (TPSA) is 61.0 Å². The third-order valence-electron chi connectivity index (χ3n) is 1.47. The SMILES string of the molecule is O=C1NN(S)Cc2[nH]cnc21. The normalized spacial score (nSPS) is 17.7. The summed E-state index contributed by atoms with van der Waals surface area (Å²) in [6, 6.07) is 0. The molecule has 0 atom stereocenters. The van der Waals surface area contributed by atoms with Gasteiger partial charge in [0.25, 0.3) is 5.91 Å². The maximum absolute atomic E-state index is 11.1. The van der Waals surface area contributed by atoms with Crippen LogP contribution in [-0.2, 0) is 6.54 Å². The molecule has 2 rings (SSSR count). The van der Waals surface area contributed by atoms with E-state index in [0.717, 1.165) is 5.69 Å². The van der Waals surface area contributed by atoms with Crippen molar-refractivity contribution in [2.24, 2.45) is 0 Å². The highest BCUT2D eigenvalue weighted by molar-refractivity contribution is 7.77. The number of rotatable bonds is 0. The van der Waals surface area contributed by atoms with Gasteiger partial charge in [0.2, 0.25) is 0 Å². The van der Waals surface area contributed by atoms with E-state index >= 15 is 0 Å². The fraction of sp³-hybridized carbons (Fsp3) is 0.200. The largest absolute Gasteiger partial charge is 0.347 e. The van der Waals surface area contributed by atoms with Crippen molar-refractivity contribution < 1.29 is 4.79 Å². The maximum atomic E-state index is 11.1. The number of fused-ring (bicyclic) bond motifs is 1. The number of hydrogen-bond acceptors (Lipinski definition) is 4. The van der Waals surface area contributed by atoms with Crippen LogP contribution in [0.4, 0.5) is 0 Å². The summed E-state index contributed by atoms with van der Waals surface area (Å²) in [6.07, 6.45) is 1.50. The molecule has 1 aromatic rings. The van der Waals surface area contributed by atoms with E-state index in [4.69, 9.17) is 0 Å². The second kappa shape index (κ2) is 2.24. The second-order valence-corrected chi connectivity index (χ2v) is 2.71. The number of aromatic amines is 1. The number of nitrogens with zero attached hydrogens (tertiary/aromatic N) is 2. The first-order valence-electron chi connectivity index (χ1n) is 3.07. The Hall–Kier alpha value is -1.01. The van der Waals surface area contributed by atoms with Crippen LogP contribution in [0.25, 0.3) is 0 Å². The molecule has 1 aliphatic heterocycles. The Labute approximate surface area is 68.3 Å². The predicted molar refractivity (Wildman–Crippen MR) is 40.6 cm³/mol. The zero-order chi connectivity index (χ0) is 7.84. The van der Waals surface area contributed by atoms with Gasteiger partial charge >= 0.3 is 0 Å². The van der Waals surface area contributed by atoms with Crippen molar-refractivity contribution in [2.75, 3.05) is 0 Å². The number of carbonyl (C=O) groups is 1. The van der Waals surface area contributed by atoms with E-state index < -0.39 is 0 Å². The lowest BCUT2D eigenvalue weighted by atomic mass is 10.3. The van der Waals surface area contributed by atoms with Crippen molar-refractivity contribution in [1.82, 2.24) is 19.8 Å².